The van der Waals surface area contributed by atoms with Gasteiger partial charge in [-0.05, 0) is 73.8 Å². The maximum absolute atomic E-state index is 3.49. The maximum atomic E-state index is 3.49. The lowest BCUT2D eigenvalue weighted by atomic mass is 9.89. The van der Waals surface area contributed by atoms with Crippen molar-refractivity contribution in [2.24, 2.45) is 11.8 Å². The number of rotatable bonds is 3. The molecule has 0 aromatic heterocycles. The van der Waals surface area contributed by atoms with Gasteiger partial charge in [0.1, 0.15) is 0 Å². The molecule has 1 unspecified atom stereocenters. The summed E-state index contributed by atoms with van der Waals surface area (Å²) >= 11 is 0. The molecule has 1 fully saturated rings. The van der Waals surface area contributed by atoms with Gasteiger partial charge < -0.3 is 5.32 Å². The average Bonchev–Trinajstić information content (AvgIpc) is 2.73. The molecular formula is C19H30N2. The van der Waals surface area contributed by atoms with Crippen LogP contribution in [0.15, 0.2) is 18.2 Å². The third kappa shape index (κ3) is 3.67. The number of benzene rings is 1. The molecule has 2 aliphatic rings. The Kier molecular flexibility index (Phi) is 4.97. The Hall–Kier alpha value is -0.860. The predicted molar refractivity (Wildman–Crippen MR) is 89.3 cm³/mol. The van der Waals surface area contributed by atoms with Crippen LogP contribution in [0, 0.1) is 11.8 Å². The number of nitrogens with zero attached hydrogens (tertiary/aromatic N) is 1. The molecule has 2 aliphatic heterocycles. The smallest absolute Gasteiger partial charge is 0.0236 e. The Morgan fingerprint density at radius 1 is 1.24 bits per heavy atom. The summed E-state index contributed by atoms with van der Waals surface area (Å²) in [7, 11) is 0. The average molecular weight is 286 g/mol. The Bertz CT molecular complexity index is 467. The maximum Gasteiger partial charge on any atom is 0.0236 e. The van der Waals surface area contributed by atoms with E-state index in [0.29, 0.717) is 0 Å². The lowest BCUT2D eigenvalue weighted by Crippen LogP contribution is -2.28. The molecule has 2 heterocycles. The van der Waals surface area contributed by atoms with Crippen molar-refractivity contribution in [3.05, 3.63) is 34.9 Å². The van der Waals surface area contributed by atoms with Crippen molar-refractivity contribution < 1.29 is 0 Å². The Balaban J connectivity index is 1.67. The van der Waals surface area contributed by atoms with Gasteiger partial charge in [0.05, 0.1) is 0 Å². The van der Waals surface area contributed by atoms with E-state index >= 15 is 0 Å². The first-order valence-electron chi connectivity index (χ1n) is 8.76. The second-order valence-electron chi connectivity index (χ2n) is 7.19. The minimum absolute atomic E-state index is 0.848. The number of hydrogen-bond acceptors (Lipinski definition) is 2. The summed E-state index contributed by atoms with van der Waals surface area (Å²) < 4.78 is 0. The van der Waals surface area contributed by atoms with Crippen LogP contribution in [0.1, 0.15) is 49.8 Å². The van der Waals surface area contributed by atoms with Crippen LogP contribution in [0.3, 0.4) is 0 Å². The number of hydrogen-bond donors (Lipinski definition) is 1. The van der Waals surface area contributed by atoms with Crippen molar-refractivity contribution in [3.63, 3.8) is 0 Å². The first kappa shape index (κ1) is 15.1. The van der Waals surface area contributed by atoms with E-state index in [1.165, 1.54) is 44.3 Å². The van der Waals surface area contributed by atoms with Crippen molar-refractivity contribution in [3.8, 4) is 0 Å². The molecule has 1 saturated heterocycles. The van der Waals surface area contributed by atoms with Crippen molar-refractivity contribution >= 4 is 0 Å². The van der Waals surface area contributed by atoms with E-state index in [0.717, 1.165) is 31.5 Å². The van der Waals surface area contributed by atoms with Crippen molar-refractivity contribution in [1.82, 2.24) is 10.2 Å². The molecule has 21 heavy (non-hydrogen) atoms. The lowest BCUT2D eigenvalue weighted by molar-refractivity contribution is 0.264. The van der Waals surface area contributed by atoms with Crippen LogP contribution in [0.25, 0.3) is 0 Å². The zero-order valence-electron chi connectivity index (χ0n) is 13.7. The van der Waals surface area contributed by atoms with Gasteiger partial charge >= 0.3 is 0 Å². The van der Waals surface area contributed by atoms with Crippen LogP contribution in [-0.2, 0) is 19.5 Å². The molecular weight excluding hydrogens is 256 g/mol. The Labute approximate surface area is 129 Å². The molecule has 2 heteroatoms. The zero-order chi connectivity index (χ0) is 14.7. The largest absolute Gasteiger partial charge is 0.312 e. The Morgan fingerprint density at radius 2 is 2.14 bits per heavy atom. The quantitative estimate of drug-likeness (QED) is 0.913. The van der Waals surface area contributed by atoms with Crippen LogP contribution < -0.4 is 5.32 Å². The molecule has 1 N–H and O–H groups in total. The highest BCUT2D eigenvalue weighted by Gasteiger charge is 2.20. The fourth-order valence-corrected chi connectivity index (χ4v) is 4.01. The summed E-state index contributed by atoms with van der Waals surface area (Å²) in [6.45, 7) is 10.7. The van der Waals surface area contributed by atoms with Crippen LogP contribution in [0.4, 0.5) is 0 Å². The molecule has 1 atom stereocenters. The van der Waals surface area contributed by atoms with Crippen LogP contribution >= 0.6 is 0 Å². The Morgan fingerprint density at radius 3 is 3.00 bits per heavy atom. The summed E-state index contributed by atoms with van der Waals surface area (Å²) in [5.74, 6) is 1.78. The van der Waals surface area contributed by atoms with Gasteiger partial charge in [-0.1, -0.05) is 32.0 Å². The van der Waals surface area contributed by atoms with E-state index in [9.17, 15) is 0 Å². The highest BCUT2D eigenvalue weighted by atomic mass is 15.1. The molecule has 0 bridgehead atoms. The lowest BCUT2D eigenvalue weighted by Gasteiger charge is -2.25. The normalized spacial score (nSPS) is 23.9. The van der Waals surface area contributed by atoms with Gasteiger partial charge in [-0.15, -0.1) is 0 Å². The standard InChI is InChI=1S/C19H30N2/c1-15(2)16-7-4-11-21(12-9-16)14-18-6-3-5-17-13-20-10-8-19(17)18/h3,5-6,15-16,20H,4,7-14H2,1-2H3. The fourth-order valence-electron chi connectivity index (χ4n) is 4.01. The topological polar surface area (TPSA) is 15.3 Å². The van der Waals surface area contributed by atoms with E-state index in [1.54, 1.807) is 11.1 Å². The van der Waals surface area contributed by atoms with Crippen LogP contribution in [0.5, 0.6) is 0 Å². The number of likely N-dealkylation sites (tertiary alicyclic amines) is 1. The number of nitrogens with one attached hydrogen (secondary N) is 1. The molecule has 2 nitrogen and oxygen atoms in total. The SMILES string of the molecule is CC(C)C1CCCN(Cc2cccc3c2CCNC3)CC1. The molecule has 1 aromatic rings. The molecule has 1 aromatic carbocycles. The van der Waals surface area contributed by atoms with Crippen LogP contribution in [0.2, 0.25) is 0 Å². The fraction of sp³-hybridized carbons (Fsp3) is 0.684. The van der Waals surface area contributed by atoms with E-state index in [2.05, 4.69) is 42.3 Å². The van der Waals surface area contributed by atoms with E-state index in [1.807, 2.05) is 0 Å². The van der Waals surface area contributed by atoms with Gasteiger partial charge in [-0.25, -0.2) is 0 Å². The summed E-state index contributed by atoms with van der Waals surface area (Å²) in [4.78, 5) is 2.69. The van der Waals surface area contributed by atoms with Gasteiger partial charge in [-0.2, -0.15) is 0 Å². The van der Waals surface area contributed by atoms with Crippen molar-refractivity contribution in [2.75, 3.05) is 19.6 Å². The predicted octanol–water partition coefficient (Wildman–Crippen LogP) is 3.59. The monoisotopic (exact) mass is 286 g/mol. The van der Waals surface area contributed by atoms with E-state index in [-0.39, 0.29) is 0 Å². The minimum Gasteiger partial charge on any atom is -0.312 e. The van der Waals surface area contributed by atoms with Crippen molar-refractivity contribution in [2.45, 2.75) is 52.6 Å². The summed E-state index contributed by atoms with van der Waals surface area (Å²) in [6, 6.07) is 6.90. The molecule has 0 spiro atoms. The van der Waals surface area contributed by atoms with Gasteiger partial charge in [0, 0.05) is 13.1 Å². The molecule has 116 valence electrons. The van der Waals surface area contributed by atoms with Gasteiger partial charge in [0.25, 0.3) is 0 Å². The molecule has 0 radical (unpaired) electrons. The summed E-state index contributed by atoms with van der Waals surface area (Å²) in [5.41, 5.74) is 4.73. The van der Waals surface area contributed by atoms with E-state index < -0.39 is 0 Å². The molecule has 0 aliphatic carbocycles. The summed E-state index contributed by atoms with van der Waals surface area (Å²) in [6.07, 6.45) is 5.38. The minimum atomic E-state index is 0.848. The van der Waals surface area contributed by atoms with Gasteiger partial charge in [0.15, 0.2) is 0 Å². The van der Waals surface area contributed by atoms with Crippen molar-refractivity contribution in [1.29, 1.82) is 0 Å². The highest BCUT2D eigenvalue weighted by molar-refractivity contribution is 5.37. The third-order valence-corrected chi connectivity index (χ3v) is 5.44. The van der Waals surface area contributed by atoms with Gasteiger partial charge in [0.2, 0.25) is 0 Å². The second-order valence-corrected chi connectivity index (χ2v) is 7.19. The molecule has 3 rings (SSSR count). The second kappa shape index (κ2) is 6.93. The van der Waals surface area contributed by atoms with Crippen LogP contribution in [-0.4, -0.2) is 24.5 Å². The van der Waals surface area contributed by atoms with Gasteiger partial charge in [-0.3, -0.25) is 4.90 Å². The number of fused-ring (bicyclic) bond motifs is 1. The zero-order valence-corrected chi connectivity index (χ0v) is 13.7. The highest BCUT2D eigenvalue weighted by Crippen LogP contribution is 2.26. The summed E-state index contributed by atoms with van der Waals surface area (Å²) in [5, 5.41) is 3.49. The third-order valence-electron chi connectivity index (χ3n) is 5.44. The first-order chi connectivity index (χ1) is 10.2. The molecule has 0 saturated carbocycles. The molecule has 0 amide bonds. The first-order valence-corrected chi connectivity index (χ1v) is 8.76. The van der Waals surface area contributed by atoms with E-state index in [4.69, 9.17) is 0 Å².